The summed E-state index contributed by atoms with van der Waals surface area (Å²) >= 11 is 2.09. The van der Waals surface area contributed by atoms with Crippen molar-refractivity contribution in [2.24, 2.45) is 0 Å². The van der Waals surface area contributed by atoms with Gasteiger partial charge in [-0.25, -0.2) is 0 Å². The lowest BCUT2D eigenvalue weighted by molar-refractivity contribution is 0.0251. The second-order valence-electron chi connectivity index (χ2n) is 6.80. The number of thioether (sulfide) groups is 1. The van der Waals surface area contributed by atoms with E-state index in [1.807, 2.05) is 35.3 Å². The van der Waals surface area contributed by atoms with E-state index in [1.54, 1.807) is 0 Å². The molecule has 2 saturated heterocycles. The van der Waals surface area contributed by atoms with Gasteiger partial charge in [-0.15, -0.1) is 11.8 Å². The Labute approximate surface area is 147 Å². The van der Waals surface area contributed by atoms with E-state index < -0.39 is 0 Å². The molecule has 0 unspecified atom stereocenters. The Bertz CT molecular complexity index is 669. The molecule has 0 amide bonds. The molecular formula is C18H24N4OS. The SMILES string of the molecule is CCn1cc(CN2CC3(C[C@@H](OCc4ccccn4)CS3)C2)cn1. The van der Waals surface area contributed by atoms with Crippen molar-refractivity contribution in [3.8, 4) is 0 Å². The maximum atomic E-state index is 6.08. The Morgan fingerprint density at radius 2 is 2.29 bits per heavy atom. The highest BCUT2D eigenvalue weighted by atomic mass is 32.2. The van der Waals surface area contributed by atoms with Crippen molar-refractivity contribution in [3.63, 3.8) is 0 Å². The number of nitrogens with zero attached hydrogens (tertiary/aromatic N) is 4. The van der Waals surface area contributed by atoms with Crippen LogP contribution in [-0.2, 0) is 24.4 Å². The molecule has 4 rings (SSSR count). The van der Waals surface area contributed by atoms with Gasteiger partial charge >= 0.3 is 0 Å². The number of aryl methyl sites for hydroxylation is 1. The topological polar surface area (TPSA) is 43.2 Å². The number of likely N-dealkylation sites (tertiary alicyclic amines) is 1. The predicted molar refractivity (Wildman–Crippen MR) is 95.8 cm³/mol. The van der Waals surface area contributed by atoms with Gasteiger partial charge in [-0.05, 0) is 25.5 Å². The summed E-state index contributed by atoms with van der Waals surface area (Å²) in [5, 5.41) is 4.36. The molecular weight excluding hydrogens is 320 g/mol. The largest absolute Gasteiger partial charge is 0.371 e. The van der Waals surface area contributed by atoms with Crippen molar-refractivity contribution in [2.45, 2.75) is 43.9 Å². The highest BCUT2D eigenvalue weighted by molar-refractivity contribution is 8.01. The van der Waals surface area contributed by atoms with E-state index in [0.29, 0.717) is 17.5 Å². The minimum Gasteiger partial charge on any atom is -0.371 e. The summed E-state index contributed by atoms with van der Waals surface area (Å²) in [7, 11) is 0. The summed E-state index contributed by atoms with van der Waals surface area (Å²) in [6, 6.07) is 5.98. The molecule has 2 aromatic rings. The van der Waals surface area contributed by atoms with Crippen LogP contribution in [0.5, 0.6) is 0 Å². The van der Waals surface area contributed by atoms with Crippen molar-refractivity contribution in [1.29, 1.82) is 0 Å². The van der Waals surface area contributed by atoms with E-state index in [1.165, 1.54) is 18.7 Å². The van der Waals surface area contributed by atoms with E-state index in [-0.39, 0.29) is 0 Å². The minimum absolute atomic E-state index is 0.363. The van der Waals surface area contributed by atoms with Crippen LogP contribution in [0.4, 0.5) is 0 Å². The van der Waals surface area contributed by atoms with Crippen molar-refractivity contribution in [2.75, 3.05) is 18.8 Å². The van der Waals surface area contributed by atoms with Gasteiger partial charge in [0.25, 0.3) is 0 Å². The van der Waals surface area contributed by atoms with Gasteiger partial charge in [-0.1, -0.05) is 6.07 Å². The average Bonchev–Trinajstić information content (AvgIpc) is 3.21. The fourth-order valence-corrected chi connectivity index (χ4v) is 5.22. The summed E-state index contributed by atoms with van der Waals surface area (Å²) in [4.78, 5) is 6.85. The molecule has 2 aromatic heterocycles. The van der Waals surface area contributed by atoms with Crippen molar-refractivity contribution >= 4 is 11.8 Å². The van der Waals surface area contributed by atoms with Gasteiger partial charge in [0, 0.05) is 54.6 Å². The molecule has 2 aliphatic rings. The van der Waals surface area contributed by atoms with Crippen LogP contribution in [-0.4, -0.2) is 49.4 Å². The molecule has 0 radical (unpaired) electrons. The van der Waals surface area contributed by atoms with E-state index in [2.05, 4.69) is 39.9 Å². The van der Waals surface area contributed by atoms with Crippen molar-refractivity contribution in [3.05, 3.63) is 48.0 Å². The van der Waals surface area contributed by atoms with E-state index in [0.717, 1.165) is 31.0 Å². The Balaban J connectivity index is 1.23. The average molecular weight is 344 g/mol. The lowest BCUT2D eigenvalue weighted by Crippen LogP contribution is -2.58. The predicted octanol–water partition coefficient (Wildman–Crippen LogP) is 2.57. The molecule has 2 aliphatic heterocycles. The van der Waals surface area contributed by atoms with Crippen LogP contribution in [0, 0.1) is 0 Å². The zero-order valence-corrected chi connectivity index (χ0v) is 14.9. The number of hydrogen-bond acceptors (Lipinski definition) is 5. The molecule has 4 heterocycles. The number of hydrogen-bond donors (Lipinski definition) is 0. The number of pyridine rings is 1. The monoisotopic (exact) mass is 344 g/mol. The van der Waals surface area contributed by atoms with Gasteiger partial charge < -0.3 is 4.74 Å². The third-order valence-electron chi connectivity index (χ3n) is 4.81. The third-order valence-corrected chi connectivity index (χ3v) is 6.38. The summed E-state index contributed by atoms with van der Waals surface area (Å²) in [6.07, 6.45) is 7.51. The minimum atomic E-state index is 0.363. The smallest absolute Gasteiger partial charge is 0.0892 e. The van der Waals surface area contributed by atoms with Crippen molar-refractivity contribution in [1.82, 2.24) is 19.7 Å². The van der Waals surface area contributed by atoms with Crippen molar-refractivity contribution < 1.29 is 4.74 Å². The van der Waals surface area contributed by atoms with Gasteiger partial charge in [0.15, 0.2) is 0 Å². The molecule has 5 nitrogen and oxygen atoms in total. The fraction of sp³-hybridized carbons (Fsp3) is 0.556. The molecule has 0 aliphatic carbocycles. The molecule has 1 atom stereocenters. The lowest BCUT2D eigenvalue weighted by Gasteiger charge is -2.47. The second-order valence-corrected chi connectivity index (χ2v) is 8.29. The van der Waals surface area contributed by atoms with E-state index in [9.17, 15) is 0 Å². The summed E-state index contributed by atoms with van der Waals surface area (Å²) < 4.78 is 8.49. The molecule has 2 fully saturated rings. The summed E-state index contributed by atoms with van der Waals surface area (Å²) in [5.74, 6) is 1.11. The van der Waals surface area contributed by atoms with Crippen LogP contribution in [0.15, 0.2) is 36.8 Å². The summed E-state index contributed by atoms with van der Waals surface area (Å²) in [6.45, 7) is 7.03. The fourth-order valence-electron chi connectivity index (χ4n) is 3.62. The molecule has 6 heteroatoms. The molecule has 24 heavy (non-hydrogen) atoms. The first kappa shape index (κ1) is 16.1. The third kappa shape index (κ3) is 3.50. The van der Waals surface area contributed by atoms with E-state index in [4.69, 9.17) is 4.74 Å². The molecule has 0 saturated carbocycles. The van der Waals surface area contributed by atoms with Gasteiger partial charge in [0.1, 0.15) is 0 Å². The molecule has 128 valence electrons. The second kappa shape index (κ2) is 6.86. The quantitative estimate of drug-likeness (QED) is 0.806. The Morgan fingerprint density at radius 1 is 1.38 bits per heavy atom. The molecule has 0 bridgehead atoms. The number of aromatic nitrogens is 3. The van der Waals surface area contributed by atoms with Crippen LogP contribution in [0.1, 0.15) is 24.6 Å². The highest BCUT2D eigenvalue weighted by Crippen LogP contribution is 2.46. The molecule has 0 N–H and O–H groups in total. The molecule has 0 aromatic carbocycles. The Kier molecular flexibility index (Phi) is 4.61. The summed E-state index contributed by atoms with van der Waals surface area (Å²) in [5.41, 5.74) is 2.34. The first-order chi connectivity index (χ1) is 11.7. The lowest BCUT2D eigenvalue weighted by atomic mass is 9.92. The van der Waals surface area contributed by atoms with Crippen LogP contribution < -0.4 is 0 Å². The zero-order valence-electron chi connectivity index (χ0n) is 14.1. The maximum absolute atomic E-state index is 6.08. The van der Waals surface area contributed by atoms with Gasteiger partial charge in [-0.2, -0.15) is 5.10 Å². The Hall–Kier alpha value is -1.37. The standard InChI is InChI=1S/C18H24N4OS/c1-2-22-10-15(8-20-22)9-21-13-18(14-21)7-17(12-24-18)23-11-16-5-3-4-6-19-16/h3-6,8,10,17H,2,7,9,11-14H2,1H3/t17-/m1/s1. The van der Waals surface area contributed by atoms with Gasteiger partial charge in [-0.3, -0.25) is 14.6 Å². The normalized spacial score (nSPS) is 22.8. The van der Waals surface area contributed by atoms with E-state index >= 15 is 0 Å². The number of rotatable bonds is 6. The van der Waals surface area contributed by atoms with Crippen LogP contribution in [0.2, 0.25) is 0 Å². The first-order valence-electron chi connectivity index (χ1n) is 8.64. The maximum Gasteiger partial charge on any atom is 0.0892 e. The van der Waals surface area contributed by atoms with Gasteiger partial charge in [0.2, 0.25) is 0 Å². The van der Waals surface area contributed by atoms with Crippen LogP contribution in [0.25, 0.3) is 0 Å². The highest BCUT2D eigenvalue weighted by Gasteiger charge is 2.49. The van der Waals surface area contributed by atoms with Crippen LogP contribution >= 0.6 is 11.8 Å². The molecule has 1 spiro atoms. The number of ether oxygens (including phenoxy) is 1. The van der Waals surface area contributed by atoms with Gasteiger partial charge in [0.05, 0.1) is 24.6 Å². The first-order valence-corrected chi connectivity index (χ1v) is 9.62. The van der Waals surface area contributed by atoms with Crippen LogP contribution in [0.3, 0.4) is 0 Å². The zero-order chi connectivity index (χ0) is 16.4. The Morgan fingerprint density at radius 3 is 3.04 bits per heavy atom.